The van der Waals surface area contributed by atoms with Gasteiger partial charge in [0, 0.05) is 48.5 Å². The van der Waals surface area contributed by atoms with Gasteiger partial charge in [0.25, 0.3) is 0 Å². The first-order valence-electron chi connectivity index (χ1n) is 10.4. The van der Waals surface area contributed by atoms with Gasteiger partial charge in [-0.3, -0.25) is 4.98 Å². The van der Waals surface area contributed by atoms with E-state index < -0.39 is 0 Å². The monoisotopic (exact) mass is 583 g/mol. The molecule has 1 unspecified atom stereocenters. The van der Waals surface area contributed by atoms with Crippen LogP contribution in [0.5, 0.6) is 0 Å². The molecule has 0 spiro atoms. The molecule has 0 bridgehead atoms. The summed E-state index contributed by atoms with van der Waals surface area (Å²) in [4.78, 5) is 9.91. The molecule has 0 fully saturated rings. The predicted molar refractivity (Wildman–Crippen MR) is 122 cm³/mol. The van der Waals surface area contributed by atoms with Crippen LogP contribution >= 0.6 is 0 Å². The maximum absolute atomic E-state index is 5.01. The standard InChI is InChI=1S/C28H26N2.Ir/c1-21(25-17-11-18-26(30-25)22-12-6-4-7-13-22)20-24-16-10-19-27(29-24)28(2,3)23-14-8-5-9-15-23;/h4-12,14,16-19,21H,20H2,1-3H3;/q-2;. The van der Waals surface area contributed by atoms with E-state index in [1.807, 2.05) is 42.5 Å². The zero-order valence-corrected chi connectivity index (χ0v) is 20.5. The van der Waals surface area contributed by atoms with Crippen LogP contribution in [-0.2, 0) is 31.9 Å². The molecule has 3 heteroatoms. The van der Waals surface area contributed by atoms with E-state index >= 15 is 0 Å². The molecule has 0 aliphatic carbocycles. The number of hydrogen-bond acceptors (Lipinski definition) is 2. The Morgan fingerprint density at radius 3 is 2.26 bits per heavy atom. The molecule has 2 heterocycles. The number of pyridine rings is 2. The zero-order chi connectivity index (χ0) is 21.0. The van der Waals surface area contributed by atoms with E-state index in [2.05, 4.69) is 75.4 Å². The Bertz CT molecular complexity index is 1110. The summed E-state index contributed by atoms with van der Waals surface area (Å²) in [5, 5.41) is 0. The van der Waals surface area contributed by atoms with Crippen LogP contribution in [0.2, 0.25) is 0 Å². The Hall–Kier alpha value is -2.61. The largest absolute Gasteiger partial charge is 0.301 e. The first-order valence-corrected chi connectivity index (χ1v) is 10.4. The smallest absolute Gasteiger partial charge is 0.0486 e. The van der Waals surface area contributed by atoms with E-state index in [1.54, 1.807) is 0 Å². The zero-order valence-electron chi connectivity index (χ0n) is 18.1. The Morgan fingerprint density at radius 2 is 1.55 bits per heavy atom. The third-order valence-electron chi connectivity index (χ3n) is 5.61. The van der Waals surface area contributed by atoms with Crippen molar-refractivity contribution in [2.45, 2.75) is 38.5 Å². The van der Waals surface area contributed by atoms with Gasteiger partial charge in [0.1, 0.15) is 0 Å². The molecule has 4 rings (SSSR count). The molecule has 0 N–H and O–H groups in total. The van der Waals surface area contributed by atoms with Crippen LogP contribution in [0.25, 0.3) is 11.3 Å². The third-order valence-corrected chi connectivity index (χ3v) is 5.61. The van der Waals surface area contributed by atoms with Gasteiger partial charge >= 0.3 is 0 Å². The first kappa shape index (κ1) is 23.1. The molecular formula is C28H26IrN2-2. The van der Waals surface area contributed by atoms with E-state index in [0.29, 0.717) is 0 Å². The van der Waals surface area contributed by atoms with E-state index in [4.69, 9.17) is 9.97 Å². The van der Waals surface area contributed by atoms with Crippen LogP contribution < -0.4 is 0 Å². The van der Waals surface area contributed by atoms with Crippen molar-refractivity contribution in [1.29, 1.82) is 0 Å². The Kier molecular flexibility index (Phi) is 7.54. The second-order valence-corrected chi connectivity index (χ2v) is 8.24. The van der Waals surface area contributed by atoms with Gasteiger partial charge in [0.2, 0.25) is 0 Å². The van der Waals surface area contributed by atoms with Crippen molar-refractivity contribution in [3.8, 4) is 11.3 Å². The Labute approximate surface area is 199 Å². The van der Waals surface area contributed by atoms with E-state index in [9.17, 15) is 0 Å². The van der Waals surface area contributed by atoms with E-state index in [0.717, 1.165) is 40.3 Å². The molecule has 0 amide bonds. The molecule has 0 aliphatic rings. The summed E-state index contributed by atoms with van der Waals surface area (Å²) < 4.78 is 0. The molecular weight excluding hydrogens is 557 g/mol. The maximum atomic E-state index is 5.01. The second kappa shape index (κ2) is 10.1. The average molecular weight is 583 g/mol. The van der Waals surface area contributed by atoms with E-state index in [1.165, 1.54) is 0 Å². The minimum absolute atomic E-state index is 0. The maximum Gasteiger partial charge on any atom is 0.0486 e. The molecule has 2 aromatic heterocycles. The van der Waals surface area contributed by atoms with Gasteiger partial charge < -0.3 is 4.98 Å². The average Bonchev–Trinajstić information content (AvgIpc) is 2.80. The normalized spacial score (nSPS) is 12.1. The van der Waals surface area contributed by atoms with Gasteiger partial charge in [-0.25, -0.2) is 0 Å². The molecule has 159 valence electrons. The van der Waals surface area contributed by atoms with Crippen molar-refractivity contribution in [3.63, 3.8) is 0 Å². The van der Waals surface area contributed by atoms with Crippen molar-refractivity contribution < 1.29 is 20.1 Å². The number of hydrogen-bond donors (Lipinski definition) is 0. The molecule has 0 aliphatic heterocycles. The van der Waals surface area contributed by atoms with Crippen LogP contribution in [0.1, 0.15) is 49.3 Å². The van der Waals surface area contributed by atoms with Gasteiger partial charge in [0.05, 0.1) is 0 Å². The molecule has 2 nitrogen and oxygen atoms in total. The van der Waals surface area contributed by atoms with Crippen molar-refractivity contribution in [2.75, 3.05) is 0 Å². The summed E-state index contributed by atoms with van der Waals surface area (Å²) in [6, 6.07) is 35.3. The Balaban J connectivity index is 0.00000272. The fourth-order valence-electron chi connectivity index (χ4n) is 3.71. The fourth-order valence-corrected chi connectivity index (χ4v) is 3.71. The van der Waals surface area contributed by atoms with Gasteiger partial charge in [-0.05, 0) is 30.3 Å². The van der Waals surface area contributed by atoms with Crippen LogP contribution in [0.3, 0.4) is 0 Å². The van der Waals surface area contributed by atoms with Crippen molar-refractivity contribution in [3.05, 3.63) is 120 Å². The summed E-state index contributed by atoms with van der Waals surface area (Å²) in [6.07, 6.45) is 0.845. The number of rotatable bonds is 6. The molecule has 2 aromatic carbocycles. The minimum Gasteiger partial charge on any atom is -0.301 e. The van der Waals surface area contributed by atoms with Gasteiger partial charge in [-0.1, -0.05) is 39.0 Å². The van der Waals surface area contributed by atoms with Crippen molar-refractivity contribution >= 4 is 0 Å². The first-order chi connectivity index (χ1) is 14.5. The second-order valence-electron chi connectivity index (χ2n) is 8.24. The van der Waals surface area contributed by atoms with Crippen LogP contribution in [0.15, 0.2) is 84.9 Å². The van der Waals surface area contributed by atoms with Crippen molar-refractivity contribution in [1.82, 2.24) is 9.97 Å². The predicted octanol–water partition coefficient (Wildman–Crippen LogP) is 6.41. The van der Waals surface area contributed by atoms with Crippen LogP contribution in [-0.4, -0.2) is 9.97 Å². The summed E-state index contributed by atoms with van der Waals surface area (Å²) in [5.41, 5.74) is 6.17. The topological polar surface area (TPSA) is 25.8 Å². The van der Waals surface area contributed by atoms with Gasteiger partial charge in [-0.15, -0.1) is 35.9 Å². The summed E-state index contributed by atoms with van der Waals surface area (Å²) in [6.45, 7) is 6.62. The van der Waals surface area contributed by atoms with Crippen LogP contribution in [0, 0.1) is 12.1 Å². The summed E-state index contributed by atoms with van der Waals surface area (Å²) >= 11 is 0. The third kappa shape index (κ3) is 5.36. The summed E-state index contributed by atoms with van der Waals surface area (Å²) in [5.74, 6) is 0.266. The van der Waals surface area contributed by atoms with Gasteiger partial charge in [-0.2, -0.15) is 35.9 Å². The quantitative estimate of drug-likeness (QED) is 0.246. The minimum atomic E-state index is -0.193. The van der Waals surface area contributed by atoms with Gasteiger partial charge in [0.15, 0.2) is 0 Å². The number of nitrogens with zero attached hydrogens (tertiary/aromatic N) is 2. The fraction of sp³-hybridized carbons (Fsp3) is 0.214. The molecule has 1 atom stereocenters. The van der Waals surface area contributed by atoms with E-state index in [-0.39, 0.29) is 31.4 Å². The molecule has 31 heavy (non-hydrogen) atoms. The SMILES string of the molecule is CC(Cc1cccc(C(C)(C)c2[c-]cccc2)n1)c1cccc(-c2[c-]cccc2)n1.[Ir]. The molecule has 0 saturated heterocycles. The molecule has 0 saturated carbocycles. The van der Waals surface area contributed by atoms with Crippen LogP contribution in [0.4, 0.5) is 0 Å². The molecule has 1 radical (unpaired) electrons. The van der Waals surface area contributed by atoms with Crippen molar-refractivity contribution in [2.24, 2.45) is 0 Å². The molecule has 4 aromatic rings. The number of aromatic nitrogens is 2. The summed E-state index contributed by atoms with van der Waals surface area (Å²) in [7, 11) is 0. The Morgan fingerprint density at radius 1 is 0.806 bits per heavy atom. The number of benzene rings is 2.